The molecule has 0 unspecified atom stereocenters. The monoisotopic (exact) mass is 341 g/mol. The van der Waals surface area contributed by atoms with Gasteiger partial charge in [-0.05, 0) is 56.7 Å². The first-order valence-electron chi connectivity index (χ1n) is 8.46. The lowest BCUT2D eigenvalue weighted by Crippen LogP contribution is -3.10. The van der Waals surface area contributed by atoms with Crippen LogP contribution in [-0.4, -0.2) is 34.8 Å². The molecule has 0 aliphatic heterocycles. The van der Waals surface area contributed by atoms with Crippen LogP contribution in [0.25, 0.3) is 0 Å². The number of carbonyl (C=O) groups is 1. The molecule has 0 radical (unpaired) electrons. The van der Waals surface area contributed by atoms with Gasteiger partial charge in [-0.25, -0.2) is 5.43 Å². The minimum Gasteiger partial charge on any atom is -0.507 e. The van der Waals surface area contributed by atoms with Gasteiger partial charge >= 0.3 is 0 Å². The number of pyridine rings is 1. The summed E-state index contributed by atoms with van der Waals surface area (Å²) in [7, 11) is 0. The van der Waals surface area contributed by atoms with Gasteiger partial charge in [-0.2, -0.15) is 5.10 Å². The van der Waals surface area contributed by atoms with Crippen molar-refractivity contribution in [2.45, 2.75) is 27.3 Å². The van der Waals surface area contributed by atoms with Crippen LogP contribution in [0.15, 0.2) is 47.7 Å². The smallest absolute Gasteiger partial charge is 0.289 e. The number of phenolic OH excluding ortho intramolecular Hbond substituents is 1. The number of nitrogens with one attached hydrogen (secondary N) is 2. The summed E-state index contributed by atoms with van der Waals surface area (Å²) in [5.74, 6) is -0.0694. The fourth-order valence-electron chi connectivity index (χ4n) is 2.48. The quantitative estimate of drug-likeness (QED) is 0.526. The first-order chi connectivity index (χ1) is 12.0. The number of nitrogens with zero attached hydrogens (tertiary/aromatic N) is 2. The van der Waals surface area contributed by atoms with Gasteiger partial charge in [0.2, 0.25) is 0 Å². The predicted molar refractivity (Wildman–Crippen MR) is 97.8 cm³/mol. The van der Waals surface area contributed by atoms with Gasteiger partial charge in [0.25, 0.3) is 5.91 Å². The third-order valence-corrected chi connectivity index (χ3v) is 4.16. The zero-order chi connectivity index (χ0) is 18.2. The molecule has 2 aromatic rings. The van der Waals surface area contributed by atoms with E-state index < -0.39 is 0 Å². The molecular weight excluding hydrogens is 316 g/mol. The molecule has 0 spiro atoms. The molecule has 0 bridgehead atoms. The lowest BCUT2D eigenvalue weighted by Gasteiger charge is -2.16. The Morgan fingerprint density at radius 1 is 1.24 bits per heavy atom. The van der Waals surface area contributed by atoms with Gasteiger partial charge in [-0.1, -0.05) is 6.07 Å². The van der Waals surface area contributed by atoms with Crippen LogP contribution >= 0.6 is 0 Å². The average Bonchev–Trinajstić information content (AvgIpc) is 2.65. The number of aromatic hydroxyl groups is 1. The van der Waals surface area contributed by atoms with Gasteiger partial charge in [0.15, 0.2) is 0 Å². The Morgan fingerprint density at radius 3 is 2.64 bits per heavy atom. The van der Waals surface area contributed by atoms with Crippen molar-refractivity contribution in [2.75, 3.05) is 13.1 Å². The zero-order valence-electron chi connectivity index (χ0n) is 14.9. The van der Waals surface area contributed by atoms with E-state index in [1.807, 2.05) is 13.0 Å². The van der Waals surface area contributed by atoms with E-state index in [4.69, 9.17) is 0 Å². The zero-order valence-corrected chi connectivity index (χ0v) is 14.9. The van der Waals surface area contributed by atoms with Crippen LogP contribution in [0.3, 0.4) is 0 Å². The van der Waals surface area contributed by atoms with E-state index in [1.54, 1.807) is 36.5 Å². The number of aromatic nitrogens is 1. The van der Waals surface area contributed by atoms with Crippen LogP contribution < -0.4 is 10.3 Å². The SMILES string of the molecule is CC[NH+](CC)Cc1cc(/C(C)=N/NC(=O)c2ccccn2)ccc1O. The second-order valence-electron chi connectivity index (χ2n) is 5.83. The first kappa shape index (κ1) is 18.6. The molecule has 25 heavy (non-hydrogen) atoms. The Morgan fingerprint density at radius 2 is 2.00 bits per heavy atom. The molecule has 0 aliphatic carbocycles. The second kappa shape index (κ2) is 8.94. The molecule has 132 valence electrons. The van der Waals surface area contributed by atoms with Crippen LogP contribution in [0, 0.1) is 0 Å². The van der Waals surface area contributed by atoms with Crippen LogP contribution in [0.1, 0.15) is 42.4 Å². The van der Waals surface area contributed by atoms with Crippen molar-refractivity contribution in [1.29, 1.82) is 0 Å². The molecule has 1 heterocycles. The lowest BCUT2D eigenvalue weighted by atomic mass is 10.1. The summed E-state index contributed by atoms with van der Waals surface area (Å²) in [6, 6.07) is 10.5. The topological polar surface area (TPSA) is 79.0 Å². The number of amides is 1. The summed E-state index contributed by atoms with van der Waals surface area (Å²) < 4.78 is 0. The maximum atomic E-state index is 12.0. The largest absolute Gasteiger partial charge is 0.507 e. The summed E-state index contributed by atoms with van der Waals surface area (Å²) >= 11 is 0. The molecule has 0 saturated carbocycles. The van der Waals surface area contributed by atoms with Crippen LogP contribution in [0.2, 0.25) is 0 Å². The average molecular weight is 341 g/mol. The van der Waals surface area contributed by atoms with E-state index in [1.165, 1.54) is 4.90 Å². The normalized spacial score (nSPS) is 11.6. The summed E-state index contributed by atoms with van der Waals surface area (Å²) in [4.78, 5) is 17.4. The third-order valence-electron chi connectivity index (χ3n) is 4.16. The minimum atomic E-state index is -0.355. The molecular formula is C19H25N4O2+. The molecule has 6 heteroatoms. The highest BCUT2D eigenvalue weighted by atomic mass is 16.3. The Hall–Kier alpha value is -2.73. The highest BCUT2D eigenvalue weighted by Gasteiger charge is 2.11. The van der Waals surface area contributed by atoms with Gasteiger partial charge in [0, 0.05) is 11.8 Å². The minimum absolute atomic E-state index is 0.286. The van der Waals surface area contributed by atoms with Crippen LogP contribution in [-0.2, 0) is 6.54 Å². The second-order valence-corrected chi connectivity index (χ2v) is 5.83. The fraction of sp³-hybridized carbons (Fsp3) is 0.316. The van der Waals surface area contributed by atoms with E-state index >= 15 is 0 Å². The van der Waals surface area contributed by atoms with Crippen molar-refractivity contribution in [1.82, 2.24) is 10.4 Å². The van der Waals surface area contributed by atoms with Crippen LogP contribution in [0.4, 0.5) is 0 Å². The Labute approximate surface area is 148 Å². The number of benzene rings is 1. The summed E-state index contributed by atoms with van der Waals surface area (Å²) in [5.41, 5.74) is 5.23. The maximum absolute atomic E-state index is 12.0. The van der Waals surface area contributed by atoms with E-state index in [0.717, 1.165) is 30.8 Å². The molecule has 0 saturated heterocycles. The number of quaternary nitrogens is 1. The van der Waals surface area contributed by atoms with Gasteiger partial charge in [-0.3, -0.25) is 9.78 Å². The molecule has 0 fully saturated rings. The lowest BCUT2D eigenvalue weighted by molar-refractivity contribution is -0.910. The van der Waals surface area contributed by atoms with E-state index in [0.29, 0.717) is 11.4 Å². The number of hydrazone groups is 1. The van der Waals surface area contributed by atoms with E-state index in [-0.39, 0.29) is 11.7 Å². The van der Waals surface area contributed by atoms with Crippen molar-refractivity contribution < 1.29 is 14.8 Å². The van der Waals surface area contributed by atoms with E-state index in [2.05, 4.69) is 29.4 Å². The Kier molecular flexibility index (Phi) is 6.65. The van der Waals surface area contributed by atoms with Crippen molar-refractivity contribution in [3.63, 3.8) is 0 Å². The Bertz CT molecular complexity index is 740. The molecule has 3 N–H and O–H groups in total. The summed E-state index contributed by atoms with van der Waals surface area (Å²) in [5, 5.41) is 14.2. The fourth-order valence-corrected chi connectivity index (χ4v) is 2.48. The predicted octanol–water partition coefficient (Wildman–Crippen LogP) is 1.37. The highest BCUT2D eigenvalue weighted by molar-refractivity contribution is 6.00. The summed E-state index contributed by atoms with van der Waals surface area (Å²) in [6.07, 6.45) is 1.56. The number of carbonyl (C=O) groups excluding carboxylic acids is 1. The summed E-state index contributed by atoms with van der Waals surface area (Å²) in [6.45, 7) is 8.80. The van der Waals surface area contributed by atoms with E-state index in [9.17, 15) is 9.90 Å². The van der Waals surface area contributed by atoms with Crippen LogP contribution in [0.5, 0.6) is 5.75 Å². The van der Waals surface area contributed by atoms with Gasteiger partial charge in [0.1, 0.15) is 18.0 Å². The van der Waals surface area contributed by atoms with Gasteiger partial charge in [-0.15, -0.1) is 0 Å². The van der Waals surface area contributed by atoms with Crippen molar-refractivity contribution in [2.24, 2.45) is 5.10 Å². The van der Waals surface area contributed by atoms with Gasteiger partial charge < -0.3 is 10.0 Å². The molecule has 6 nitrogen and oxygen atoms in total. The number of rotatable bonds is 7. The number of hydrogen-bond donors (Lipinski definition) is 3. The van der Waals surface area contributed by atoms with Crippen molar-refractivity contribution in [3.05, 3.63) is 59.4 Å². The van der Waals surface area contributed by atoms with Crippen molar-refractivity contribution >= 4 is 11.6 Å². The molecule has 0 aliphatic rings. The molecule has 0 atom stereocenters. The maximum Gasteiger partial charge on any atom is 0.289 e. The van der Waals surface area contributed by atoms with Crippen molar-refractivity contribution in [3.8, 4) is 5.75 Å². The first-order valence-corrected chi connectivity index (χ1v) is 8.46. The molecule has 1 aromatic carbocycles. The Balaban J connectivity index is 2.13. The highest BCUT2D eigenvalue weighted by Crippen LogP contribution is 2.18. The number of hydrogen-bond acceptors (Lipinski definition) is 4. The molecule has 1 aromatic heterocycles. The standard InChI is InChI=1S/C19H24N4O2/c1-4-23(5-2)13-16-12-15(9-10-18(16)24)14(3)21-22-19(25)17-8-6-7-11-20-17/h6-12,24H,4-5,13H2,1-3H3,(H,22,25)/p+1/b21-14+. The number of phenols is 1. The van der Waals surface area contributed by atoms with Gasteiger partial charge in [0.05, 0.1) is 18.8 Å². The molecule has 1 amide bonds. The molecule has 2 rings (SSSR count). The third kappa shape index (κ3) is 5.12.